The van der Waals surface area contributed by atoms with E-state index in [1.807, 2.05) is 34.1 Å². The average molecular weight is 452 g/mol. The number of carbonyl (C=O) groups excluding carboxylic acids is 2. The summed E-state index contributed by atoms with van der Waals surface area (Å²) in [5.41, 5.74) is 2.88. The molecular weight excluding hydrogens is 422 g/mol. The minimum absolute atomic E-state index is 0.00358. The lowest BCUT2D eigenvalue weighted by molar-refractivity contribution is -0.142. The molecule has 3 unspecified atom stereocenters. The molecule has 1 aliphatic heterocycles. The number of hydrogen-bond acceptors (Lipinski definition) is 5. The molecule has 2 heterocycles. The van der Waals surface area contributed by atoms with Crippen molar-refractivity contribution in [2.24, 2.45) is 5.92 Å². The SMILES string of the molecule is Cc1noc(C)c1C(=O)N1c2ccccc2C(N(C(=O)CCC(=O)O)C2CC2)C2CCCC21. The average Bonchev–Trinajstić information content (AvgIpc) is 3.41. The van der Waals surface area contributed by atoms with Gasteiger partial charge in [0, 0.05) is 30.1 Å². The van der Waals surface area contributed by atoms with Crippen molar-refractivity contribution in [3.05, 3.63) is 46.8 Å². The summed E-state index contributed by atoms with van der Waals surface area (Å²) < 4.78 is 5.28. The van der Waals surface area contributed by atoms with E-state index >= 15 is 0 Å². The molecule has 0 bridgehead atoms. The third kappa shape index (κ3) is 3.71. The Hall–Kier alpha value is -3.16. The van der Waals surface area contributed by atoms with Gasteiger partial charge in [-0.2, -0.15) is 0 Å². The number of para-hydroxylation sites is 1. The van der Waals surface area contributed by atoms with E-state index in [4.69, 9.17) is 9.63 Å². The number of aromatic nitrogens is 1. The number of carboxylic acid groups (broad SMARTS) is 1. The van der Waals surface area contributed by atoms with E-state index in [9.17, 15) is 14.4 Å². The second kappa shape index (κ2) is 8.32. The highest BCUT2D eigenvalue weighted by atomic mass is 16.5. The highest BCUT2D eigenvalue weighted by Gasteiger charge is 2.51. The molecule has 0 saturated heterocycles. The molecule has 0 radical (unpaired) electrons. The molecule has 33 heavy (non-hydrogen) atoms. The molecule has 2 aliphatic carbocycles. The van der Waals surface area contributed by atoms with Gasteiger partial charge in [0.05, 0.1) is 18.2 Å². The van der Waals surface area contributed by atoms with Crippen molar-refractivity contribution < 1.29 is 24.0 Å². The van der Waals surface area contributed by atoms with Crippen LogP contribution in [0.25, 0.3) is 0 Å². The van der Waals surface area contributed by atoms with Gasteiger partial charge < -0.3 is 19.4 Å². The number of carboxylic acids is 1. The van der Waals surface area contributed by atoms with Crippen molar-refractivity contribution in [3.8, 4) is 0 Å². The molecule has 0 spiro atoms. The van der Waals surface area contributed by atoms with E-state index in [2.05, 4.69) is 5.16 Å². The minimum atomic E-state index is -0.960. The first-order valence-corrected chi connectivity index (χ1v) is 11.8. The number of aryl methyl sites for hydroxylation is 2. The Morgan fingerprint density at radius 2 is 1.88 bits per heavy atom. The maximum atomic E-state index is 13.8. The molecule has 2 saturated carbocycles. The van der Waals surface area contributed by atoms with Crippen LogP contribution < -0.4 is 4.90 Å². The monoisotopic (exact) mass is 451 g/mol. The van der Waals surface area contributed by atoms with Crippen LogP contribution in [-0.4, -0.2) is 45.0 Å². The molecule has 3 atom stereocenters. The summed E-state index contributed by atoms with van der Waals surface area (Å²) in [6.45, 7) is 3.54. The van der Waals surface area contributed by atoms with Crippen molar-refractivity contribution in [2.75, 3.05) is 4.90 Å². The van der Waals surface area contributed by atoms with E-state index in [-0.39, 0.29) is 48.7 Å². The molecular formula is C25H29N3O5. The van der Waals surface area contributed by atoms with Crippen LogP contribution in [0.3, 0.4) is 0 Å². The second-order valence-corrected chi connectivity index (χ2v) is 9.47. The molecule has 8 nitrogen and oxygen atoms in total. The Morgan fingerprint density at radius 1 is 1.12 bits per heavy atom. The van der Waals surface area contributed by atoms with Gasteiger partial charge in [-0.05, 0) is 51.2 Å². The van der Waals surface area contributed by atoms with Gasteiger partial charge in [0.1, 0.15) is 11.3 Å². The van der Waals surface area contributed by atoms with Crippen LogP contribution in [0.2, 0.25) is 0 Å². The molecule has 1 aromatic heterocycles. The molecule has 2 fully saturated rings. The lowest BCUT2D eigenvalue weighted by Gasteiger charge is -2.47. The lowest BCUT2D eigenvalue weighted by Crippen LogP contribution is -2.53. The Bertz CT molecular complexity index is 1090. The number of rotatable bonds is 6. The largest absolute Gasteiger partial charge is 0.481 e. The van der Waals surface area contributed by atoms with Crippen molar-refractivity contribution in [3.63, 3.8) is 0 Å². The van der Waals surface area contributed by atoms with E-state index in [0.29, 0.717) is 17.0 Å². The smallest absolute Gasteiger partial charge is 0.303 e. The predicted octanol–water partition coefficient (Wildman–Crippen LogP) is 4.02. The van der Waals surface area contributed by atoms with Crippen molar-refractivity contribution in [1.29, 1.82) is 0 Å². The summed E-state index contributed by atoms with van der Waals surface area (Å²) >= 11 is 0. The molecule has 1 N–H and O–H groups in total. The van der Waals surface area contributed by atoms with Crippen LogP contribution in [0.5, 0.6) is 0 Å². The first-order valence-electron chi connectivity index (χ1n) is 11.8. The molecule has 5 rings (SSSR count). The zero-order valence-corrected chi connectivity index (χ0v) is 19.0. The van der Waals surface area contributed by atoms with Gasteiger partial charge in [0.25, 0.3) is 5.91 Å². The number of benzene rings is 1. The number of hydrogen-bond donors (Lipinski definition) is 1. The number of amides is 2. The van der Waals surface area contributed by atoms with Crippen LogP contribution in [0.15, 0.2) is 28.8 Å². The van der Waals surface area contributed by atoms with Crippen LogP contribution in [0, 0.1) is 19.8 Å². The van der Waals surface area contributed by atoms with E-state index in [1.165, 1.54) is 0 Å². The van der Waals surface area contributed by atoms with Gasteiger partial charge in [0.15, 0.2) is 0 Å². The quantitative estimate of drug-likeness (QED) is 0.711. The number of fused-ring (bicyclic) bond motifs is 2. The number of anilines is 1. The Labute approximate surface area is 192 Å². The Morgan fingerprint density at radius 3 is 2.55 bits per heavy atom. The topological polar surface area (TPSA) is 104 Å². The fourth-order valence-corrected chi connectivity index (χ4v) is 5.83. The summed E-state index contributed by atoms with van der Waals surface area (Å²) in [6, 6.07) is 7.83. The van der Waals surface area contributed by atoms with Gasteiger partial charge in [-0.15, -0.1) is 0 Å². The maximum absolute atomic E-state index is 13.8. The third-order valence-electron chi connectivity index (χ3n) is 7.33. The molecule has 2 amide bonds. The highest BCUT2D eigenvalue weighted by molar-refractivity contribution is 6.08. The summed E-state index contributed by atoms with van der Waals surface area (Å²) in [5, 5.41) is 13.1. The van der Waals surface area contributed by atoms with Gasteiger partial charge in [-0.25, -0.2) is 0 Å². The third-order valence-corrected chi connectivity index (χ3v) is 7.33. The van der Waals surface area contributed by atoms with Crippen LogP contribution in [0.1, 0.15) is 78.4 Å². The Balaban J connectivity index is 1.58. The predicted molar refractivity (Wildman–Crippen MR) is 120 cm³/mol. The molecule has 3 aliphatic rings. The molecule has 1 aromatic carbocycles. The van der Waals surface area contributed by atoms with Gasteiger partial charge in [-0.1, -0.05) is 29.8 Å². The van der Waals surface area contributed by atoms with Crippen LogP contribution >= 0.6 is 0 Å². The number of nitrogens with zero attached hydrogens (tertiary/aromatic N) is 3. The first kappa shape index (κ1) is 21.7. The van der Waals surface area contributed by atoms with Crippen LogP contribution in [0.4, 0.5) is 5.69 Å². The number of carbonyl (C=O) groups is 3. The highest BCUT2D eigenvalue weighted by Crippen LogP contribution is 2.53. The standard InChI is InChI=1S/C25H29N3O5/c1-14-23(15(2)33-26-14)25(32)28-19-8-4-3-6-17(19)24(18-7-5-9-20(18)28)27(16-10-11-16)21(29)12-13-22(30)31/h3-4,6,8,16,18,20,24H,5,7,9-13H2,1-2H3,(H,30,31). The lowest BCUT2D eigenvalue weighted by atomic mass is 9.81. The fourth-order valence-electron chi connectivity index (χ4n) is 5.83. The first-order chi connectivity index (χ1) is 15.9. The summed E-state index contributed by atoms with van der Waals surface area (Å²) in [5.74, 6) is -0.549. The van der Waals surface area contributed by atoms with Gasteiger partial charge in [-0.3, -0.25) is 14.4 Å². The fraction of sp³-hybridized carbons (Fsp3) is 0.520. The molecule has 8 heteroatoms. The number of aliphatic carboxylic acids is 1. The molecule has 2 aromatic rings. The van der Waals surface area contributed by atoms with E-state index in [0.717, 1.165) is 43.4 Å². The summed E-state index contributed by atoms with van der Waals surface area (Å²) in [7, 11) is 0. The van der Waals surface area contributed by atoms with Crippen molar-refractivity contribution in [1.82, 2.24) is 10.1 Å². The normalized spacial score (nSPS) is 23.7. The zero-order chi connectivity index (χ0) is 23.3. The molecule has 174 valence electrons. The minimum Gasteiger partial charge on any atom is -0.481 e. The van der Waals surface area contributed by atoms with E-state index < -0.39 is 5.97 Å². The van der Waals surface area contributed by atoms with Crippen LogP contribution in [-0.2, 0) is 9.59 Å². The van der Waals surface area contributed by atoms with Gasteiger partial charge in [0.2, 0.25) is 5.91 Å². The van der Waals surface area contributed by atoms with E-state index in [1.54, 1.807) is 13.8 Å². The maximum Gasteiger partial charge on any atom is 0.303 e. The second-order valence-electron chi connectivity index (χ2n) is 9.47. The Kier molecular flexibility index (Phi) is 5.46. The van der Waals surface area contributed by atoms with Crippen molar-refractivity contribution >= 4 is 23.5 Å². The zero-order valence-electron chi connectivity index (χ0n) is 19.0. The summed E-state index contributed by atoms with van der Waals surface area (Å²) in [6.07, 6.45) is 4.49. The van der Waals surface area contributed by atoms with Crippen molar-refractivity contribution in [2.45, 2.75) is 76.9 Å². The van der Waals surface area contributed by atoms with Gasteiger partial charge >= 0.3 is 5.97 Å². The summed E-state index contributed by atoms with van der Waals surface area (Å²) in [4.78, 5) is 42.1.